The molecule has 0 saturated carbocycles. The Morgan fingerprint density at radius 1 is 1.38 bits per heavy atom. The average molecular weight is 232 g/mol. The van der Waals surface area contributed by atoms with Gasteiger partial charge in [-0.3, -0.25) is 10.2 Å². The number of carbonyl (C=O) groups is 1. The highest BCUT2D eigenvalue weighted by atomic mass is 17.4. The van der Waals surface area contributed by atoms with Gasteiger partial charge in [-0.25, -0.2) is 0 Å². The first-order valence-electron chi connectivity index (χ1n) is 4.71. The van der Waals surface area contributed by atoms with Crippen molar-refractivity contribution in [3.05, 3.63) is 0 Å². The van der Waals surface area contributed by atoms with Crippen molar-refractivity contribution in [2.75, 3.05) is 0 Å². The summed E-state index contributed by atoms with van der Waals surface area (Å²) in [6, 6.07) is -1.05. The summed E-state index contributed by atoms with van der Waals surface area (Å²) in [6.45, 7) is 1.24. The Kier molecular flexibility index (Phi) is 2.80. The zero-order valence-electron chi connectivity index (χ0n) is 8.41. The standard InChI is InChI=1S/C8H12N2O6/c1-2(11)10-3-4(12)5(13)6(8-15-16-8)14-7(3)9/h3-6,8-9,12-13H,1H3,(H,10,11)/t3-,4-,5+,6+/m1/s1. The lowest BCUT2D eigenvalue weighted by molar-refractivity contribution is -0.125. The molecule has 2 aliphatic rings. The van der Waals surface area contributed by atoms with Crippen LogP contribution in [0.2, 0.25) is 0 Å². The lowest BCUT2D eigenvalue weighted by atomic mass is 9.97. The van der Waals surface area contributed by atoms with E-state index in [1.54, 1.807) is 0 Å². The van der Waals surface area contributed by atoms with Crippen LogP contribution in [0.3, 0.4) is 0 Å². The number of hydrogen-bond acceptors (Lipinski definition) is 7. The smallest absolute Gasteiger partial charge is 0.263 e. The minimum atomic E-state index is -1.33. The van der Waals surface area contributed by atoms with Crippen molar-refractivity contribution < 1.29 is 29.5 Å². The van der Waals surface area contributed by atoms with E-state index in [4.69, 9.17) is 10.1 Å². The molecule has 2 heterocycles. The number of nitrogens with one attached hydrogen (secondary N) is 2. The van der Waals surface area contributed by atoms with Gasteiger partial charge in [0.05, 0.1) is 0 Å². The Labute approximate surface area is 90.5 Å². The summed E-state index contributed by atoms with van der Waals surface area (Å²) in [4.78, 5) is 19.7. The molecule has 8 nitrogen and oxygen atoms in total. The van der Waals surface area contributed by atoms with Crippen molar-refractivity contribution in [1.82, 2.24) is 5.32 Å². The third-order valence-corrected chi connectivity index (χ3v) is 2.41. The van der Waals surface area contributed by atoms with Crippen LogP contribution in [-0.2, 0) is 19.3 Å². The second-order valence-corrected chi connectivity index (χ2v) is 3.67. The maximum absolute atomic E-state index is 10.8. The van der Waals surface area contributed by atoms with E-state index in [1.807, 2.05) is 0 Å². The fourth-order valence-electron chi connectivity index (χ4n) is 1.56. The molecule has 2 saturated heterocycles. The Hall–Kier alpha value is -1.22. The van der Waals surface area contributed by atoms with Crippen LogP contribution in [0.5, 0.6) is 0 Å². The van der Waals surface area contributed by atoms with E-state index >= 15 is 0 Å². The molecule has 2 rings (SSSR count). The lowest BCUT2D eigenvalue weighted by Gasteiger charge is -2.36. The fraction of sp³-hybridized carbons (Fsp3) is 0.750. The lowest BCUT2D eigenvalue weighted by Crippen LogP contribution is -2.62. The molecule has 4 N–H and O–H groups in total. The molecule has 0 aromatic rings. The maximum atomic E-state index is 10.8. The van der Waals surface area contributed by atoms with Crippen molar-refractivity contribution in [2.24, 2.45) is 0 Å². The van der Waals surface area contributed by atoms with E-state index in [1.165, 1.54) is 6.92 Å². The predicted octanol–water partition coefficient (Wildman–Crippen LogP) is -2.12. The zero-order chi connectivity index (χ0) is 11.9. The molecule has 8 heteroatoms. The second kappa shape index (κ2) is 3.98. The number of ether oxygens (including phenoxy) is 1. The third-order valence-electron chi connectivity index (χ3n) is 2.41. The van der Waals surface area contributed by atoms with Crippen LogP contribution in [0.25, 0.3) is 0 Å². The van der Waals surface area contributed by atoms with Crippen molar-refractivity contribution >= 4 is 11.8 Å². The summed E-state index contributed by atoms with van der Waals surface area (Å²) >= 11 is 0. The summed E-state index contributed by atoms with van der Waals surface area (Å²) in [7, 11) is 0. The molecule has 4 atom stereocenters. The summed E-state index contributed by atoms with van der Waals surface area (Å²) < 4.78 is 5.01. The first-order valence-corrected chi connectivity index (χ1v) is 4.71. The van der Waals surface area contributed by atoms with Gasteiger partial charge in [-0.2, -0.15) is 9.78 Å². The highest BCUT2D eigenvalue weighted by Crippen LogP contribution is 2.28. The number of rotatable bonds is 2. The molecule has 2 aliphatic heterocycles. The van der Waals surface area contributed by atoms with Gasteiger partial charge in [-0.1, -0.05) is 0 Å². The number of hydrogen-bond donors (Lipinski definition) is 4. The largest absolute Gasteiger partial charge is 0.468 e. The molecular formula is C8H12N2O6. The van der Waals surface area contributed by atoms with Crippen molar-refractivity contribution in [3.63, 3.8) is 0 Å². The van der Waals surface area contributed by atoms with E-state index < -0.39 is 36.6 Å². The molecule has 2 fully saturated rings. The van der Waals surface area contributed by atoms with Crippen molar-refractivity contribution in [2.45, 2.75) is 37.6 Å². The first-order chi connectivity index (χ1) is 7.50. The van der Waals surface area contributed by atoms with Gasteiger partial charge in [0.1, 0.15) is 18.2 Å². The van der Waals surface area contributed by atoms with Gasteiger partial charge in [0.2, 0.25) is 11.8 Å². The Balaban J connectivity index is 2.07. The molecule has 16 heavy (non-hydrogen) atoms. The normalized spacial score (nSPS) is 39.1. The molecule has 0 aromatic heterocycles. The van der Waals surface area contributed by atoms with Crippen LogP contribution in [0.4, 0.5) is 0 Å². The van der Waals surface area contributed by atoms with E-state index in [0.29, 0.717) is 0 Å². The van der Waals surface area contributed by atoms with Gasteiger partial charge in [0, 0.05) is 6.92 Å². The minimum Gasteiger partial charge on any atom is -0.468 e. The monoisotopic (exact) mass is 232 g/mol. The molecule has 90 valence electrons. The average Bonchev–Trinajstić information content (AvgIpc) is 3.01. The number of amides is 1. The van der Waals surface area contributed by atoms with E-state index in [-0.39, 0.29) is 5.90 Å². The number of carbonyl (C=O) groups excluding carboxylic acids is 1. The second-order valence-electron chi connectivity index (χ2n) is 3.67. The van der Waals surface area contributed by atoms with Crippen LogP contribution in [-0.4, -0.2) is 52.7 Å². The first kappa shape index (κ1) is 11.3. The summed E-state index contributed by atoms with van der Waals surface area (Å²) in [5, 5.41) is 29.2. The third kappa shape index (κ3) is 2.00. The van der Waals surface area contributed by atoms with E-state index in [2.05, 4.69) is 15.1 Å². The van der Waals surface area contributed by atoms with Crippen molar-refractivity contribution in [1.29, 1.82) is 5.41 Å². The van der Waals surface area contributed by atoms with Crippen LogP contribution >= 0.6 is 0 Å². The zero-order valence-corrected chi connectivity index (χ0v) is 8.41. The Morgan fingerprint density at radius 2 is 2.00 bits per heavy atom. The number of aliphatic hydroxyl groups is 2. The Morgan fingerprint density at radius 3 is 2.50 bits per heavy atom. The van der Waals surface area contributed by atoms with Crippen molar-refractivity contribution in [3.8, 4) is 0 Å². The molecule has 0 radical (unpaired) electrons. The molecule has 0 aliphatic carbocycles. The maximum Gasteiger partial charge on any atom is 0.263 e. The molecule has 0 aromatic carbocycles. The van der Waals surface area contributed by atoms with E-state index in [9.17, 15) is 15.0 Å². The quantitative estimate of drug-likeness (QED) is 0.318. The van der Waals surface area contributed by atoms with Crippen LogP contribution < -0.4 is 5.32 Å². The highest BCUT2D eigenvalue weighted by molar-refractivity contribution is 5.86. The fourth-order valence-corrected chi connectivity index (χ4v) is 1.56. The highest BCUT2D eigenvalue weighted by Gasteiger charge is 2.52. The SMILES string of the molecule is CC(=O)N[C@H]1C(=N)O[C@H](C2OO2)[C@@H](O)[C@@H]1O. The van der Waals surface area contributed by atoms with Crippen LogP contribution in [0.15, 0.2) is 0 Å². The molecular weight excluding hydrogens is 220 g/mol. The molecule has 1 amide bonds. The summed E-state index contributed by atoms with van der Waals surface area (Å²) in [5.74, 6) is -0.765. The van der Waals surface area contributed by atoms with Gasteiger partial charge in [0.25, 0.3) is 6.29 Å². The Bertz CT molecular complexity index is 318. The molecule has 0 bridgehead atoms. The summed E-state index contributed by atoms with van der Waals surface area (Å²) in [5.41, 5.74) is 0. The van der Waals surface area contributed by atoms with Crippen LogP contribution in [0.1, 0.15) is 6.92 Å². The van der Waals surface area contributed by atoms with Crippen LogP contribution in [0, 0.1) is 5.41 Å². The van der Waals surface area contributed by atoms with E-state index in [0.717, 1.165) is 0 Å². The van der Waals surface area contributed by atoms with Gasteiger partial charge in [-0.15, -0.1) is 0 Å². The summed E-state index contributed by atoms with van der Waals surface area (Å²) in [6.07, 6.45) is -4.35. The topological polar surface area (TPSA) is 128 Å². The van der Waals surface area contributed by atoms with Gasteiger partial charge < -0.3 is 20.3 Å². The molecule has 0 spiro atoms. The van der Waals surface area contributed by atoms with Gasteiger partial charge >= 0.3 is 0 Å². The van der Waals surface area contributed by atoms with Gasteiger partial charge in [0.15, 0.2) is 6.10 Å². The van der Waals surface area contributed by atoms with Gasteiger partial charge in [-0.05, 0) is 0 Å². The minimum absolute atomic E-state index is 0.336. The predicted molar refractivity (Wildman–Crippen MR) is 48.2 cm³/mol. The number of aliphatic hydroxyl groups excluding tert-OH is 2. The molecule has 0 unspecified atom stereocenters.